The molecule has 1 aliphatic heterocycles. The first-order valence-corrected chi connectivity index (χ1v) is 11.0. The van der Waals surface area contributed by atoms with Crippen LogP contribution in [-0.2, 0) is 14.8 Å². The highest BCUT2D eigenvalue weighted by atomic mass is 32.2. The molecule has 0 spiro atoms. The van der Waals surface area contributed by atoms with E-state index in [1.807, 2.05) is 37.3 Å². The van der Waals surface area contributed by atoms with Gasteiger partial charge in [0.2, 0.25) is 15.9 Å². The van der Waals surface area contributed by atoms with Crippen LogP contribution in [0.15, 0.2) is 59.5 Å². The minimum absolute atomic E-state index is 0.227. The van der Waals surface area contributed by atoms with Gasteiger partial charge in [0, 0.05) is 6.54 Å². The standard InChI is InChI=1S/C21H26N2O4S/c1-17-10-12-19(13-11-17)28(25,26)23-15-6-5-9-20(23)21(24)22-14-16-27-18-7-3-2-4-8-18/h2-4,7-8,10-13,20H,5-6,9,14-16H2,1H3,(H,22,24). The Labute approximate surface area is 166 Å². The van der Waals surface area contributed by atoms with E-state index >= 15 is 0 Å². The average molecular weight is 403 g/mol. The molecule has 2 aromatic rings. The molecule has 7 heteroatoms. The Balaban J connectivity index is 1.62. The lowest BCUT2D eigenvalue weighted by Crippen LogP contribution is -2.52. The molecule has 3 rings (SSSR count). The molecular formula is C21H26N2O4S. The molecule has 6 nitrogen and oxygen atoms in total. The molecule has 0 radical (unpaired) electrons. The fourth-order valence-corrected chi connectivity index (χ4v) is 4.93. The van der Waals surface area contributed by atoms with Gasteiger partial charge in [-0.1, -0.05) is 42.3 Å². The summed E-state index contributed by atoms with van der Waals surface area (Å²) in [7, 11) is -3.71. The molecule has 0 saturated carbocycles. The van der Waals surface area contributed by atoms with Crippen LogP contribution in [0.2, 0.25) is 0 Å². The predicted octanol–water partition coefficient (Wildman–Crippen LogP) is 2.73. The van der Waals surface area contributed by atoms with Crippen molar-refractivity contribution in [3.05, 3.63) is 60.2 Å². The summed E-state index contributed by atoms with van der Waals surface area (Å²) >= 11 is 0. The molecule has 150 valence electrons. The second-order valence-corrected chi connectivity index (χ2v) is 8.78. The Morgan fingerprint density at radius 2 is 1.82 bits per heavy atom. The molecule has 0 aromatic heterocycles. The van der Waals surface area contributed by atoms with Crippen molar-refractivity contribution in [3.63, 3.8) is 0 Å². The van der Waals surface area contributed by atoms with E-state index < -0.39 is 16.1 Å². The highest BCUT2D eigenvalue weighted by Gasteiger charge is 2.37. The third kappa shape index (κ3) is 4.91. The largest absolute Gasteiger partial charge is 0.492 e. The molecule has 1 N–H and O–H groups in total. The first-order chi connectivity index (χ1) is 13.5. The fraction of sp³-hybridized carbons (Fsp3) is 0.381. The molecule has 0 bridgehead atoms. The minimum Gasteiger partial charge on any atom is -0.492 e. The van der Waals surface area contributed by atoms with Crippen LogP contribution in [0.1, 0.15) is 24.8 Å². The molecule has 1 saturated heterocycles. The lowest BCUT2D eigenvalue weighted by atomic mass is 10.0. The van der Waals surface area contributed by atoms with Gasteiger partial charge in [0.25, 0.3) is 0 Å². The number of nitrogens with one attached hydrogen (secondary N) is 1. The Kier molecular flexibility index (Phi) is 6.70. The quantitative estimate of drug-likeness (QED) is 0.723. The fourth-order valence-electron chi connectivity index (χ4n) is 3.28. The van der Waals surface area contributed by atoms with Crippen molar-refractivity contribution in [1.82, 2.24) is 9.62 Å². The van der Waals surface area contributed by atoms with Gasteiger partial charge in [-0.15, -0.1) is 0 Å². The third-order valence-electron chi connectivity index (χ3n) is 4.80. The zero-order valence-electron chi connectivity index (χ0n) is 16.0. The van der Waals surface area contributed by atoms with E-state index in [2.05, 4.69) is 5.32 Å². The van der Waals surface area contributed by atoms with E-state index in [1.165, 1.54) is 4.31 Å². The van der Waals surface area contributed by atoms with Crippen LogP contribution < -0.4 is 10.1 Å². The molecular weight excluding hydrogens is 376 g/mol. The SMILES string of the molecule is Cc1ccc(S(=O)(=O)N2CCCCC2C(=O)NCCOc2ccccc2)cc1. The summed E-state index contributed by atoms with van der Waals surface area (Å²) in [5.74, 6) is 0.463. The molecule has 1 heterocycles. The van der Waals surface area contributed by atoms with E-state index in [1.54, 1.807) is 24.3 Å². The smallest absolute Gasteiger partial charge is 0.243 e. The van der Waals surface area contributed by atoms with Gasteiger partial charge in [0.15, 0.2) is 0 Å². The Bertz CT molecular complexity index is 882. The van der Waals surface area contributed by atoms with E-state index in [0.717, 1.165) is 24.2 Å². The molecule has 2 aromatic carbocycles. The van der Waals surface area contributed by atoms with Crippen molar-refractivity contribution < 1.29 is 17.9 Å². The van der Waals surface area contributed by atoms with E-state index in [9.17, 15) is 13.2 Å². The van der Waals surface area contributed by atoms with Crippen LogP contribution in [0.25, 0.3) is 0 Å². The molecule has 1 fully saturated rings. The summed E-state index contributed by atoms with van der Waals surface area (Å²) in [6.45, 7) is 2.91. The monoisotopic (exact) mass is 402 g/mol. The van der Waals surface area contributed by atoms with Crippen LogP contribution in [0.5, 0.6) is 5.75 Å². The topological polar surface area (TPSA) is 75.7 Å². The van der Waals surface area contributed by atoms with Gasteiger partial charge in [-0.25, -0.2) is 8.42 Å². The Morgan fingerprint density at radius 3 is 2.54 bits per heavy atom. The summed E-state index contributed by atoms with van der Waals surface area (Å²) in [6, 6.07) is 15.4. The second kappa shape index (κ2) is 9.21. The van der Waals surface area contributed by atoms with Gasteiger partial charge >= 0.3 is 0 Å². The summed E-state index contributed by atoms with van der Waals surface area (Å²) in [5, 5.41) is 2.82. The summed E-state index contributed by atoms with van der Waals surface area (Å²) in [5.41, 5.74) is 0.991. The molecule has 1 aliphatic rings. The van der Waals surface area contributed by atoms with Gasteiger partial charge < -0.3 is 10.1 Å². The highest BCUT2D eigenvalue weighted by Crippen LogP contribution is 2.25. The van der Waals surface area contributed by atoms with Crippen LogP contribution >= 0.6 is 0 Å². The van der Waals surface area contributed by atoms with Gasteiger partial charge in [0.1, 0.15) is 18.4 Å². The number of carbonyl (C=O) groups is 1. The van der Waals surface area contributed by atoms with Crippen LogP contribution in [-0.4, -0.2) is 44.4 Å². The summed E-state index contributed by atoms with van der Waals surface area (Å²) < 4.78 is 33.0. The zero-order valence-corrected chi connectivity index (χ0v) is 16.8. The van der Waals surface area contributed by atoms with E-state index in [-0.39, 0.29) is 10.8 Å². The van der Waals surface area contributed by atoms with E-state index in [0.29, 0.717) is 26.1 Å². The van der Waals surface area contributed by atoms with Gasteiger partial charge in [-0.05, 0) is 44.0 Å². The molecule has 1 unspecified atom stereocenters. The van der Waals surface area contributed by atoms with Crippen molar-refractivity contribution in [2.45, 2.75) is 37.1 Å². The van der Waals surface area contributed by atoms with Crippen LogP contribution in [0.4, 0.5) is 0 Å². The maximum atomic E-state index is 13.0. The van der Waals surface area contributed by atoms with Crippen LogP contribution in [0.3, 0.4) is 0 Å². The number of ether oxygens (including phenoxy) is 1. The summed E-state index contributed by atoms with van der Waals surface area (Å²) in [6.07, 6.45) is 2.11. The number of piperidine rings is 1. The normalized spacial score (nSPS) is 17.8. The molecule has 1 amide bonds. The third-order valence-corrected chi connectivity index (χ3v) is 6.72. The number of hydrogen-bond acceptors (Lipinski definition) is 4. The zero-order chi connectivity index (χ0) is 20.0. The Hall–Kier alpha value is -2.38. The first-order valence-electron chi connectivity index (χ1n) is 9.52. The Morgan fingerprint density at radius 1 is 1.11 bits per heavy atom. The summed E-state index contributed by atoms with van der Waals surface area (Å²) in [4.78, 5) is 12.9. The van der Waals surface area contributed by atoms with Crippen molar-refractivity contribution >= 4 is 15.9 Å². The molecule has 0 aliphatic carbocycles. The lowest BCUT2D eigenvalue weighted by molar-refractivity contribution is -0.125. The molecule has 28 heavy (non-hydrogen) atoms. The number of hydrogen-bond donors (Lipinski definition) is 1. The van der Waals surface area contributed by atoms with Crippen molar-refractivity contribution in [2.75, 3.05) is 19.7 Å². The number of amides is 1. The van der Waals surface area contributed by atoms with Gasteiger partial charge in [0.05, 0.1) is 11.4 Å². The number of carbonyl (C=O) groups excluding carboxylic acids is 1. The average Bonchev–Trinajstić information content (AvgIpc) is 2.72. The van der Waals surface area contributed by atoms with Gasteiger partial charge in [-0.2, -0.15) is 4.31 Å². The number of para-hydroxylation sites is 1. The maximum Gasteiger partial charge on any atom is 0.243 e. The minimum atomic E-state index is -3.71. The van der Waals surface area contributed by atoms with Gasteiger partial charge in [-0.3, -0.25) is 4.79 Å². The van der Waals surface area contributed by atoms with Crippen molar-refractivity contribution in [2.24, 2.45) is 0 Å². The van der Waals surface area contributed by atoms with Crippen molar-refractivity contribution in [3.8, 4) is 5.75 Å². The maximum absolute atomic E-state index is 13.0. The number of aryl methyl sites for hydroxylation is 1. The van der Waals surface area contributed by atoms with Crippen LogP contribution in [0, 0.1) is 6.92 Å². The number of sulfonamides is 1. The number of benzene rings is 2. The first kappa shape index (κ1) is 20.4. The second-order valence-electron chi connectivity index (χ2n) is 6.89. The number of nitrogens with zero attached hydrogens (tertiary/aromatic N) is 1. The predicted molar refractivity (Wildman–Crippen MR) is 108 cm³/mol. The highest BCUT2D eigenvalue weighted by molar-refractivity contribution is 7.89. The lowest BCUT2D eigenvalue weighted by Gasteiger charge is -2.33. The number of rotatable bonds is 7. The van der Waals surface area contributed by atoms with Crippen molar-refractivity contribution in [1.29, 1.82) is 0 Å². The van der Waals surface area contributed by atoms with E-state index in [4.69, 9.17) is 4.74 Å². The molecule has 1 atom stereocenters.